The average Bonchev–Trinajstić information content (AvgIpc) is 2.27. The molecule has 0 fully saturated rings. The molecule has 1 atom stereocenters. The van der Waals surface area contributed by atoms with Gasteiger partial charge in [0, 0.05) is 12.5 Å². The van der Waals surface area contributed by atoms with Crippen LogP contribution in [0.15, 0.2) is 18.2 Å². The molecular weight excluding hydrogens is 258 g/mol. The highest BCUT2D eigenvalue weighted by Crippen LogP contribution is 2.12. The third-order valence-electron chi connectivity index (χ3n) is 2.47. The summed E-state index contributed by atoms with van der Waals surface area (Å²) in [5.74, 6) is -2.58. The highest BCUT2D eigenvalue weighted by molar-refractivity contribution is 7.80. The smallest absolute Gasteiger partial charge is 0.257 e. The van der Waals surface area contributed by atoms with Gasteiger partial charge in [-0.15, -0.1) is 0 Å². The monoisotopic (exact) mass is 272 g/mol. The van der Waals surface area contributed by atoms with Gasteiger partial charge >= 0.3 is 0 Å². The topological polar surface area (TPSA) is 55.1 Å². The number of benzene rings is 1. The molecule has 6 heteroatoms. The van der Waals surface area contributed by atoms with Crippen molar-refractivity contribution in [3.05, 3.63) is 35.4 Å². The highest BCUT2D eigenvalue weighted by atomic mass is 32.1. The van der Waals surface area contributed by atoms with Gasteiger partial charge in [-0.05, 0) is 18.6 Å². The maximum absolute atomic E-state index is 13.4. The minimum absolute atomic E-state index is 0.246. The molecular formula is C12H14F2N2OS. The largest absolute Gasteiger partial charge is 0.393 e. The number of halogens is 2. The van der Waals surface area contributed by atoms with Crippen LogP contribution in [0.2, 0.25) is 0 Å². The molecule has 1 rings (SSSR count). The Morgan fingerprint density at radius 1 is 1.44 bits per heavy atom. The van der Waals surface area contributed by atoms with E-state index in [4.69, 9.17) is 18.0 Å². The van der Waals surface area contributed by atoms with E-state index in [1.54, 1.807) is 0 Å². The van der Waals surface area contributed by atoms with E-state index in [-0.39, 0.29) is 11.0 Å². The Morgan fingerprint density at radius 2 is 2.00 bits per heavy atom. The third-order valence-corrected chi connectivity index (χ3v) is 2.63. The Hall–Kier alpha value is -1.56. The second kappa shape index (κ2) is 6.39. The van der Waals surface area contributed by atoms with Gasteiger partial charge in [0.25, 0.3) is 5.91 Å². The lowest BCUT2D eigenvalue weighted by Gasteiger charge is -2.16. The molecule has 0 aromatic heterocycles. The normalized spacial score (nSPS) is 11.9. The number of hydrogen-bond acceptors (Lipinski definition) is 2. The van der Waals surface area contributed by atoms with Crippen molar-refractivity contribution in [3.8, 4) is 0 Å². The van der Waals surface area contributed by atoms with Gasteiger partial charge in [0.05, 0.1) is 4.99 Å². The first-order chi connectivity index (χ1) is 8.45. The minimum Gasteiger partial charge on any atom is -0.393 e. The summed E-state index contributed by atoms with van der Waals surface area (Å²) in [4.78, 5) is 12.0. The van der Waals surface area contributed by atoms with Crippen molar-refractivity contribution < 1.29 is 13.6 Å². The summed E-state index contributed by atoms with van der Waals surface area (Å²) in [6.45, 7) is 1.82. The molecule has 1 aromatic rings. The molecule has 98 valence electrons. The number of hydrogen-bond donors (Lipinski definition) is 2. The maximum atomic E-state index is 13.4. The summed E-state index contributed by atoms with van der Waals surface area (Å²) in [5.41, 5.74) is 4.79. The second-order valence-electron chi connectivity index (χ2n) is 3.85. The van der Waals surface area contributed by atoms with Gasteiger partial charge in [0.1, 0.15) is 17.2 Å². The third kappa shape index (κ3) is 3.73. The lowest BCUT2D eigenvalue weighted by atomic mass is 10.1. The summed E-state index contributed by atoms with van der Waals surface area (Å²) in [7, 11) is 0. The summed E-state index contributed by atoms with van der Waals surface area (Å²) in [6.07, 6.45) is 0.868. The van der Waals surface area contributed by atoms with E-state index in [1.165, 1.54) is 6.07 Å². The second-order valence-corrected chi connectivity index (χ2v) is 4.37. The van der Waals surface area contributed by atoms with E-state index >= 15 is 0 Å². The molecule has 0 aliphatic carbocycles. The average molecular weight is 272 g/mol. The molecule has 1 aromatic carbocycles. The summed E-state index contributed by atoms with van der Waals surface area (Å²) >= 11 is 4.74. The van der Waals surface area contributed by atoms with Gasteiger partial charge in [0.15, 0.2) is 0 Å². The van der Waals surface area contributed by atoms with Crippen LogP contribution >= 0.6 is 12.2 Å². The summed E-state index contributed by atoms with van der Waals surface area (Å²) in [5, 5.41) is 2.51. The van der Waals surface area contributed by atoms with Gasteiger partial charge in [-0.3, -0.25) is 4.79 Å². The van der Waals surface area contributed by atoms with Gasteiger partial charge in [0.2, 0.25) is 0 Å². The van der Waals surface area contributed by atoms with Crippen LogP contribution in [0.3, 0.4) is 0 Å². The van der Waals surface area contributed by atoms with E-state index in [2.05, 4.69) is 5.32 Å². The molecule has 0 aliphatic heterocycles. The van der Waals surface area contributed by atoms with E-state index in [0.717, 1.165) is 12.1 Å². The van der Waals surface area contributed by atoms with Gasteiger partial charge in [-0.25, -0.2) is 8.78 Å². The van der Waals surface area contributed by atoms with Crippen molar-refractivity contribution in [1.29, 1.82) is 0 Å². The van der Waals surface area contributed by atoms with Crippen molar-refractivity contribution >= 4 is 23.1 Å². The van der Waals surface area contributed by atoms with E-state index in [0.29, 0.717) is 12.8 Å². The van der Waals surface area contributed by atoms with Crippen molar-refractivity contribution in [2.75, 3.05) is 0 Å². The van der Waals surface area contributed by atoms with Crippen LogP contribution in [-0.4, -0.2) is 16.9 Å². The number of nitrogens with two attached hydrogens (primary N) is 1. The van der Waals surface area contributed by atoms with Crippen LogP contribution in [0, 0.1) is 11.6 Å². The van der Waals surface area contributed by atoms with Gasteiger partial charge in [-0.1, -0.05) is 25.2 Å². The Labute approximate surface area is 109 Å². The van der Waals surface area contributed by atoms with E-state index in [1.807, 2.05) is 6.92 Å². The van der Waals surface area contributed by atoms with Crippen LogP contribution < -0.4 is 11.1 Å². The molecule has 0 bridgehead atoms. The number of nitrogens with one attached hydrogen (secondary N) is 1. The molecule has 0 spiro atoms. The van der Waals surface area contributed by atoms with Crippen molar-refractivity contribution in [3.63, 3.8) is 0 Å². The predicted molar refractivity (Wildman–Crippen MR) is 69.3 cm³/mol. The Kier molecular flexibility index (Phi) is 5.15. The predicted octanol–water partition coefficient (Wildman–Crippen LogP) is 2.15. The fourth-order valence-electron chi connectivity index (χ4n) is 1.51. The minimum atomic E-state index is -0.891. The lowest BCUT2D eigenvalue weighted by molar-refractivity contribution is 0.0928. The number of amides is 1. The number of carbonyl (C=O) groups is 1. The quantitative estimate of drug-likeness (QED) is 0.808. The molecule has 1 unspecified atom stereocenters. The van der Waals surface area contributed by atoms with Crippen LogP contribution in [0.25, 0.3) is 0 Å². The van der Waals surface area contributed by atoms with Crippen LogP contribution in [0.5, 0.6) is 0 Å². The molecule has 0 saturated heterocycles. The standard InChI is InChI=1S/C12H14F2N2OS/c1-2-7(6-10(15)18)16-12(17)11-8(13)4-3-5-9(11)14/h3-5,7H,2,6H2,1H3,(H2,15,18)(H,16,17). The van der Waals surface area contributed by atoms with Gasteiger partial charge in [-0.2, -0.15) is 0 Å². The molecule has 3 N–H and O–H groups in total. The van der Waals surface area contributed by atoms with E-state index < -0.39 is 23.1 Å². The first-order valence-electron chi connectivity index (χ1n) is 5.48. The first-order valence-corrected chi connectivity index (χ1v) is 5.89. The number of thiocarbonyl (C=S) groups is 1. The van der Waals surface area contributed by atoms with Gasteiger partial charge < -0.3 is 11.1 Å². The zero-order valence-electron chi connectivity index (χ0n) is 9.87. The van der Waals surface area contributed by atoms with Crippen LogP contribution in [0.1, 0.15) is 30.1 Å². The maximum Gasteiger partial charge on any atom is 0.257 e. The summed E-state index contributed by atoms with van der Waals surface area (Å²) in [6, 6.07) is 2.95. The molecule has 0 heterocycles. The Bertz CT molecular complexity index is 445. The molecule has 0 radical (unpaired) electrons. The molecule has 0 aliphatic rings. The number of carbonyl (C=O) groups excluding carboxylic acids is 1. The SMILES string of the molecule is CCC(CC(N)=S)NC(=O)c1c(F)cccc1F. The summed E-state index contributed by atoms with van der Waals surface area (Å²) < 4.78 is 26.7. The Balaban J connectivity index is 2.84. The first kappa shape index (κ1) is 14.5. The van der Waals surface area contributed by atoms with Crippen LogP contribution in [-0.2, 0) is 0 Å². The van der Waals surface area contributed by atoms with Crippen molar-refractivity contribution in [2.45, 2.75) is 25.8 Å². The molecule has 18 heavy (non-hydrogen) atoms. The zero-order chi connectivity index (χ0) is 13.7. The fraction of sp³-hybridized carbons (Fsp3) is 0.333. The zero-order valence-corrected chi connectivity index (χ0v) is 10.7. The number of rotatable bonds is 5. The van der Waals surface area contributed by atoms with Crippen molar-refractivity contribution in [2.24, 2.45) is 5.73 Å². The molecule has 0 saturated carbocycles. The fourth-order valence-corrected chi connectivity index (χ4v) is 1.71. The Morgan fingerprint density at radius 3 is 2.44 bits per heavy atom. The molecule has 1 amide bonds. The lowest BCUT2D eigenvalue weighted by Crippen LogP contribution is -2.37. The van der Waals surface area contributed by atoms with Crippen molar-refractivity contribution in [1.82, 2.24) is 5.32 Å². The van der Waals surface area contributed by atoms with Crippen LogP contribution in [0.4, 0.5) is 8.78 Å². The van der Waals surface area contributed by atoms with E-state index in [9.17, 15) is 13.6 Å². The molecule has 3 nitrogen and oxygen atoms in total. The highest BCUT2D eigenvalue weighted by Gasteiger charge is 2.19.